The van der Waals surface area contributed by atoms with E-state index in [4.69, 9.17) is 4.74 Å². The molecule has 0 radical (unpaired) electrons. The maximum Gasteiger partial charge on any atom is 0.268 e. The van der Waals surface area contributed by atoms with E-state index >= 15 is 0 Å². The molecule has 0 bridgehead atoms. The molecule has 2 aliphatic rings. The van der Waals surface area contributed by atoms with Gasteiger partial charge in [0.2, 0.25) is 5.91 Å². The summed E-state index contributed by atoms with van der Waals surface area (Å²) >= 11 is 0. The second-order valence-electron chi connectivity index (χ2n) is 6.46. The fraction of sp³-hybridized carbons (Fsp3) is 0.556. The summed E-state index contributed by atoms with van der Waals surface area (Å²) in [7, 11) is 0. The van der Waals surface area contributed by atoms with E-state index in [1.54, 1.807) is 9.80 Å². The number of carbonyl (C=O) groups is 2. The minimum atomic E-state index is -0.512. The van der Waals surface area contributed by atoms with Crippen LogP contribution >= 0.6 is 0 Å². The van der Waals surface area contributed by atoms with Gasteiger partial charge in [0.05, 0.1) is 31.9 Å². The summed E-state index contributed by atoms with van der Waals surface area (Å²) in [6.45, 7) is 5.97. The number of benzene rings is 1. The number of carbonyl (C=O) groups excluding carboxylic acids is 2. The normalized spacial score (nSPS) is 20.6. The lowest BCUT2D eigenvalue weighted by molar-refractivity contribution is -0.886. The Balaban J connectivity index is 1.59. The molecule has 1 fully saturated rings. The lowest BCUT2D eigenvalue weighted by Crippen LogP contribution is -3.10. The number of anilines is 1. The highest BCUT2D eigenvalue weighted by molar-refractivity contribution is 6.03. The van der Waals surface area contributed by atoms with E-state index in [0.29, 0.717) is 24.4 Å². The van der Waals surface area contributed by atoms with Gasteiger partial charge in [0.1, 0.15) is 12.3 Å². The summed E-state index contributed by atoms with van der Waals surface area (Å²) in [4.78, 5) is 27.9. The molecule has 1 aromatic carbocycles. The molecule has 1 atom stereocenters. The van der Waals surface area contributed by atoms with Gasteiger partial charge in [-0.3, -0.25) is 14.5 Å². The second-order valence-corrected chi connectivity index (χ2v) is 6.46. The van der Waals surface area contributed by atoms with Crippen LogP contribution in [0.15, 0.2) is 24.3 Å². The highest BCUT2D eigenvalue weighted by Gasteiger charge is 2.34. The molecule has 1 aromatic rings. The molecule has 1 saturated heterocycles. The third-order valence-corrected chi connectivity index (χ3v) is 4.75. The van der Waals surface area contributed by atoms with Crippen LogP contribution in [0.1, 0.15) is 26.2 Å². The topological polar surface area (TPSA) is 63.1 Å². The van der Waals surface area contributed by atoms with Gasteiger partial charge in [0, 0.05) is 12.8 Å². The molecule has 0 aromatic heterocycles. The number of likely N-dealkylation sites (tertiary alicyclic amines) is 1. The van der Waals surface area contributed by atoms with Gasteiger partial charge in [0.25, 0.3) is 5.91 Å². The van der Waals surface area contributed by atoms with Crippen LogP contribution < -0.4 is 19.9 Å². The first kappa shape index (κ1) is 16.8. The number of nitrogens with one attached hydrogen (secondary N) is 2. The Morgan fingerprint density at radius 2 is 2.08 bits per heavy atom. The van der Waals surface area contributed by atoms with Crippen molar-refractivity contribution in [1.29, 1.82) is 0 Å². The van der Waals surface area contributed by atoms with Crippen LogP contribution in [-0.2, 0) is 9.59 Å². The van der Waals surface area contributed by atoms with Crippen molar-refractivity contribution in [3.05, 3.63) is 24.3 Å². The van der Waals surface area contributed by atoms with Gasteiger partial charge in [-0.15, -0.1) is 0 Å². The van der Waals surface area contributed by atoms with Crippen LogP contribution in [0.2, 0.25) is 0 Å². The zero-order valence-electron chi connectivity index (χ0n) is 14.2. The number of quaternary nitrogens is 1. The number of ether oxygens (including phenoxy) is 1. The van der Waals surface area contributed by atoms with Crippen molar-refractivity contribution < 1.29 is 19.2 Å². The lowest BCUT2D eigenvalue weighted by Gasteiger charge is -2.33. The summed E-state index contributed by atoms with van der Waals surface area (Å²) in [6, 6.07) is 7.38. The third kappa shape index (κ3) is 3.70. The third-order valence-electron chi connectivity index (χ3n) is 4.75. The number of fused-ring (bicyclic) bond motifs is 1. The Labute approximate surface area is 142 Å². The quantitative estimate of drug-likeness (QED) is 0.770. The molecule has 0 spiro atoms. The molecule has 2 aliphatic heterocycles. The zero-order chi connectivity index (χ0) is 16.9. The van der Waals surface area contributed by atoms with Gasteiger partial charge in [0.15, 0.2) is 6.10 Å². The van der Waals surface area contributed by atoms with E-state index < -0.39 is 6.10 Å². The standard InChI is InChI=1S/C18H25N3O3/c1-2-15-18(23)21(14-7-3-4-8-16(14)24-15)13-17(22)19-9-12-20-10-5-6-11-20/h3-4,7-8,15H,2,5-6,9-13H2,1H3,(H,19,22)/p+1. The molecule has 130 valence electrons. The first-order valence-electron chi connectivity index (χ1n) is 8.86. The molecule has 24 heavy (non-hydrogen) atoms. The number of amides is 2. The largest absolute Gasteiger partial charge is 0.478 e. The van der Waals surface area contributed by atoms with E-state index in [2.05, 4.69) is 5.32 Å². The SMILES string of the molecule is CCC1Oc2ccccc2N(CC(=O)NCC[NH+]2CCCC2)C1=O. The Hall–Kier alpha value is -2.08. The Bertz CT molecular complexity index is 599. The Morgan fingerprint density at radius 1 is 1.33 bits per heavy atom. The molecular weight excluding hydrogens is 306 g/mol. The van der Waals surface area contributed by atoms with E-state index in [9.17, 15) is 9.59 Å². The van der Waals surface area contributed by atoms with Crippen LogP contribution in [-0.4, -0.2) is 50.6 Å². The minimum Gasteiger partial charge on any atom is -0.478 e. The summed E-state index contributed by atoms with van der Waals surface area (Å²) in [5.41, 5.74) is 0.674. The van der Waals surface area contributed by atoms with Crippen LogP contribution in [0.25, 0.3) is 0 Å². The van der Waals surface area contributed by atoms with Crippen LogP contribution in [0, 0.1) is 0 Å². The van der Waals surface area contributed by atoms with Gasteiger partial charge in [-0.05, 0) is 18.6 Å². The smallest absolute Gasteiger partial charge is 0.268 e. The van der Waals surface area contributed by atoms with E-state index in [1.807, 2.05) is 31.2 Å². The number of rotatable bonds is 6. The zero-order valence-corrected chi connectivity index (χ0v) is 14.2. The van der Waals surface area contributed by atoms with Crippen molar-refractivity contribution in [3.8, 4) is 5.75 Å². The van der Waals surface area contributed by atoms with Crippen LogP contribution in [0.4, 0.5) is 5.69 Å². The van der Waals surface area contributed by atoms with Gasteiger partial charge < -0.3 is 15.0 Å². The average molecular weight is 332 g/mol. The Kier molecular flexibility index (Phi) is 5.35. The highest BCUT2D eigenvalue weighted by atomic mass is 16.5. The highest BCUT2D eigenvalue weighted by Crippen LogP contribution is 2.34. The number of hydrogen-bond acceptors (Lipinski definition) is 3. The first-order chi connectivity index (χ1) is 11.7. The van der Waals surface area contributed by atoms with Crippen molar-refractivity contribution in [3.63, 3.8) is 0 Å². The molecule has 0 saturated carbocycles. The fourth-order valence-corrected chi connectivity index (χ4v) is 3.40. The van der Waals surface area contributed by atoms with Gasteiger partial charge >= 0.3 is 0 Å². The molecule has 2 N–H and O–H groups in total. The van der Waals surface area contributed by atoms with Gasteiger partial charge in [-0.25, -0.2) is 0 Å². The maximum atomic E-state index is 12.6. The summed E-state index contributed by atoms with van der Waals surface area (Å²) in [6.07, 6.45) is 2.63. The number of para-hydroxylation sites is 2. The monoisotopic (exact) mass is 332 g/mol. The van der Waals surface area contributed by atoms with E-state index in [0.717, 1.165) is 6.54 Å². The van der Waals surface area contributed by atoms with E-state index in [1.165, 1.54) is 25.9 Å². The summed E-state index contributed by atoms with van der Waals surface area (Å²) < 4.78 is 5.73. The average Bonchev–Trinajstić information content (AvgIpc) is 3.10. The van der Waals surface area contributed by atoms with Crippen LogP contribution in [0.3, 0.4) is 0 Å². The van der Waals surface area contributed by atoms with Crippen molar-refractivity contribution in [2.24, 2.45) is 0 Å². The number of nitrogens with zero attached hydrogens (tertiary/aromatic N) is 1. The van der Waals surface area contributed by atoms with Crippen molar-refractivity contribution in [2.75, 3.05) is 37.6 Å². The second kappa shape index (κ2) is 7.66. The first-order valence-corrected chi connectivity index (χ1v) is 8.86. The Morgan fingerprint density at radius 3 is 2.83 bits per heavy atom. The number of hydrogen-bond donors (Lipinski definition) is 2. The minimum absolute atomic E-state index is 0.0467. The molecule has 6 nitrogen and oxygen atoms in total. The summed E-state index contributed by atoms with van der Waals surface area (Å²) in [5.74, 6) is 0.406. The summed E-state index contributed by atoms with van der Waals surface area (Å²) in [5, 5.41) is 2.95. The van der Waals surface area contributed by atoms with Crippen LogP contribution in [0.5, 0.6) is 5.75 Å². The van der Waals surface area contributed by atoms with E-state index in [-0.39, 0.29) is 18.4 Å². The van der Waals surface area contributed by atoms with Gasteiger partial charge in [-0.1, -0.05) is 19.1 Å². The predicted molar refractivity (Wildman–Crippen MR) is 91.3 cm³/mol. The maximum absolute atomic E-state index is 12.6. The molecule has 1 unspecified atom stereocenters. The molecule has 3 rings (SSSR count). The van der Waals surface area contributed by atoms with Gasteiger partial charge in [-0.2, -0.15) is 0 Å². The molecule has 2 heterocycles. The molecule has 2 amide bonds. The predicted octanol–water partition coefficient (Wildman–Crippen LogP) is -0.0145. The molecule has 0 aliphatic carbocycles. The van der Waals surface area contributed by atoms with Crippen molar-refractivity contribution >= 4 is 17.5 Å². The molecule has 6 heteroatoms. The van der Waals surface area contributed by atoms with Crippen molar-refractivity contribution in [1.82, 2.24) is 5.32 Å². The lowest BCUT2D eigenvalue weighted by atomic mass is 10.1. The fourth-order valence-electron chi connectivity index (χ4n) is 3.40. The molecular formula is C18H26N3O3+. The van der Waals surface area contributed by atoms with Crippen molar-refractivity contribution in [2.45, 2.75) is 32.3 Å².